The van der Waals surface area contributed by atoms with Gasteiger partial charge in [-0.05, 0) is 62.5 Å². The van der Waals surface area contributed by atoms with Crippen LogP contribution in [0.5, 0.6) is 5.75 Å². The van der Waals surface area contributed by atoms with E-state index in [4.69, 9.17) is 0 Å². The van der Waals surface area contributed by atoms with E-state index < -0.39 is 5.91 Å². The number of amides is 1. The topological polar surface area (TPSA) is 90.4 Å². The second-order valence-corrected chi connectivity index (χ2v) is 5.68. The SMILES string of the molecule is Cc1cc(C(=O)NN=Cc2cc(Br)c(O)c(Br)c2)n[nH]1. The second-order valence-electron chi connectivity index (χ2n) is 3.97. The highest BCUT2D eigenvalue weighted by atomic mass is 79.9. The number of hydrogen-bond acceptors (Lipinski definition) is 4. The number of carbonyl (C=O) groups excluding carboxylic acids is 1. The van der Waals surface area contributed by atoms with Gasteiger partial charge in [-0.3, -0.25) is 9.89 Å². The zero-order chi connectivity index (χ0) is 14.7. The minimum absolute atomic E-state index is 0.109. The summed E-state index contributed by atoms with van der Waals surface area (Å²) in [6.45, 7) is 1.80. The predicted molar refractivity (Wildman–Crippen MR) is 81.9 cm³/mol. The molecular formula is C12H10Br2N4O2. The first-order valence-electron chi connectivity index (χ1n) is 5.51. The Morgan fingerprint density at radius 2 is 2.05 bits per heavy atom. The van der Waals surface area contributed by atoms with Gasteiger partial charge in [-0.1, -0.05) is 0 Å². The summed E-state index contributed by atoms with van der Waals surface area (Å²) in [4.78, 5) is 11.7. The molecule has 104 valence electrons. The number of aromatic nitrogens is 2. The number of nitrogens with zero attached hydrogens (tertiary/aromatic N) is 2. The number of aromatic hydroxyl groups is 1. The number of hydrazone groups is 1. The molecule has 0 bridgehead atoms. The van der Waals surface area contributed by atoms with Crippen LogP contribution in [0.1, 0.15) is 21.7 Å². The van der Waals surface area contributed by atoms with E-state index in [-0.39, 0.29) is 11.4 Å². The number of rotatable bonds is 3. The molecule has 0 radical (unpaired) electrons. The first-order valence-corrected chi connectivity index (χ1v) is 7.09. The molecule has 0 fully saturated rings. The summed E-state index contributed by atoms with van der Waals surface area (Å²) in [5, 5.41) is 19.9. The fourth-order valence-corrected chi connectivity index (χ4v) is 2.64. The minimum Gasteiger partial charge on any atom is -0.506 e. The van der Waals surface area contributed by atoms with Crippen molar-refractivity contribution in [1.82, 2.24) is 15.6 Å². The second kappa shape index (κ2) is 6.19. The van der Waals surface area contributed by atoms with Crippen LogP contribution in [0.4, 0.5) is 0 Å². The van der Waals surface area contributed by atoms with Crippen molar-refractivity contribution in [1.29, 1.82) is 0 Å². The van der Waals surface area contributed by atoms with Crippen molar-refractivity contribution in [2.75, 3.05) is 0 Å². The zero-order valence-corrected chi connectivity index (χ0v) is 13.5. The van der Waals surface area contributed by atoms with Gasteiger partial charge in [-0.15, -0.1) is 0 Å². The molecular weight excluding hydrogens is 392 g/mol. The van der Waals surface area contributed by atoms with Crippen LogP contribution in [0.2, 0.25) is 0 Å². The quantitative estimate of drug-likeness (QED) is 0.545. The summed E-state index contributed by atoms with van der Waals surface area (Å²) >= 11 is 6.43. The maximum absolute atomic E-state index is 11.7. The van der Waals surface area contributed by atoms with E-state index in [0.717, 1.165) is 5.69 Å². The molecule has 0 spiro atoms. The van der Waals surface area contributed by atoms with Crippen LogP contribution in [0.15, 0.2) is 32.2 Å². The lowest BCUT2D eigenvalue weighted by molar-refractivity contribution is 0.0950. The Bertz CT molecular complexity index is 659. The third-order valence-electron chi connectivity index (χ3n) is 2.36. The number of aromatic amines is 1. The maximum Gasteiger partial charge on any atom is 0.291 e. The number of halogens is 2. The zero-order valence-electron chi connectivity index (χ0n) is 10.3. The van der Waals surface area contributed by atoms with E-state index in [0.29, 0.717) is 14.5 Å². The van der Waals surface area contributed by atoms with E-state index in [1.807, 2.05) is 0 Å². The third-order valence-corrected chi connectivity index (χ3v) is 3.57. The largest absolute Gasteiger partial charge is 0.506 e. The van der Waals surface area contributed by atoms with Crippen molar-refractivity contribution >= 4 is 44.0 Å². The van der Waals surface area contributed by atoms with Crippen molar-refractivity contribution in [3.05, 3.63) is 44.1 Å². The van der Waals surface area contributed by atoms with Gasteiger partial charge in [0.05, 0.1) is 15.2 Å². The van der Waals surface area contributed by atoms with Gasteiger partial charge in [0.1, 0.15) is 5.75 Å². The Labute approximate surface area is 131 Å². The van der Waals surface area contributed by atoms with Gasteiger partial charge in [0.2, 0.25) is 0 Å². The average Bonchev–Trinajstić information content (AvgIpc) is 2.82. The molecule has 1 heterocycles. The van der Waals surface area contributed by atoms with Crippen LogP contribution in [0, 0.1) is 6.92 Å². The summed E-state index contributed by atoms with van der Waals surface area (Å²) in [6, 6.07) is 4.97. The van der Waals surface area contributed by atoms with E-state index in [9.17, 15) is 9.90 Å². The van der Waals surface area contributed by atoms with E-state index in [1.165, 1.54) is 6.21 Å². The lowest BCUT2D eigenvalue weighted by atomic mass is 10.2. The van der Waals surface area contributed by atoms with Crippen molar-refractivity contribution < 1.29 is 9.90 Å². The minimum atomic E-state index is -0.400. The van der Waals surface area contributed by atoms with Gasteiger partial charge in [0.15, 0.2) is 5.69 Å². The number of phenolic OH excluding ortho intramolecular Hbond substituents is 1. The standard InChI is InChI=1S/C12H10Br2N4O2/c1-6-2-10(17-16-6)12(20)18-15-5-7-3-8(13)11(19)9(14)4-7/h2-5,19H,1H3,(H,16,17)(H,18,20). The molecule has 2 rings (SSSR count). The number of nitrogens with one attached hydrogen (secondary N) is 2. The molecule has 0 saturated heterocycles. The summed E-state index contributed by atoms with van der Waals surface area (Å²) in [7, 11) is 0. The molecule has 1 aromatic heterocycles. The highest BCUT2D eigenvalue weighted by Crippen LogP contribution is 2.32. The predicted octanol–water partition coefficient (Wildman–Crippen LogP) is 2.71. The molecule has 2 aromatic rings. The number of H-pyrrole nitrogens is 1. The Morgan fingerprint density at radius 1 is 1.40 bits per heavy atom. The smallest absolute Gasteiger partial charge is 0.291 e. The summed E-state index contributed by atoms with van der Waals surface area (Å²) < 4.78 is 1.06. The fraction of sp³-hybridized carbons (Fsp3) is 0.0833. The number of phenols is 1. The lowest BCUT2D eigenvalue weighted by Crippen LogP contribution is -2.18. The maximum atomic E-state index is 11.7. The number of aryl methyl sites for hydroxylation is 1. The van der Waals surface area contributed by atoms with Crippen molar-refractivity contribution in [3.63, 3.8) is 0 Å². The number of hydrogen-bond donors (Lipinski definition) is 3. The normalized spacial score (nSPS) is 10.9. The summed E-state index contributed by atoms with van der Waals surface area (Å²) in [5.41, 5.74) is 4.15. The molecule has 0 unspecified atom stereocenters. The summed E-state index contributed by atoms with van der Waals surface area (Å²) in [6.07, 6.45) is 1.46. The van der Waals surface area contributed by atoms with Crippen LogP contribution in [0.25, 0.3) is 0 Å². The average molecular weight is 402 g/mol. The molecule has 0 aliphatic heterocycles. The lowest BCUT2D eigenvalue weighted by Gasteiger charge is -2.01. The third kappa shape index (κ3) is 3.45. The van der Waals surface area contributed by atoms with Crippen LogP contribution < -0.4 is 5.43 Å². The number of benzene rings is 1. The van der Waals surface area contributed by atoms with Gasteiger partial charge in [-0.25, -0.2) is 5.43 Å². The molecule has 8 heteroatoms. The van der Waals surface area contributed by atoms with Gasteiger partial charge in [0.25, 0.3) is 5.91 Å². The molecule has 1 aromatic carbocycles. The molecule has 20 heavy (non-hydrogen) atoms. The van der Waals surface area contributed by atoms with Crippen LogP contribution in [-0.2, 0) is 0 Å². The summed E-state index contributed by atoms with van der Waals surface area (Å²) in [5.74, 6) is -0.291. The van der Waals surface area contributed by atoms with Crippen LogP contribution in [-0.4, -0.2) is 27.4 Å². The van der Waals surface area contributed by atoms with E-state index in [2.05, 4.69) is 52.6 Å². The van der Waals surface area contributed by atoms with Crippen molar-refractivity contribution in [2.24, 2.45) is 5.10 Å². The number of carbonyl (C=O) groups is 1. The van der Waals surface area contributed by atoms with E-state index >= 15 is 0 Å². The van der Waals surface area contributed by atoms with Crippen molar-refractivity contribution in [3.8, 4) is 5.75 Å². The molecule has 0 aliphatic carbocycles. The molecule has 6 nitrogen and oxygen atoms in total. The van der Waals surface area contributed by atoms with Crippen LogP contribution in [0.3, 0.4) is 0 Å². The van der Waals surface area contributed by atoms with Crippen molar-refractivity contribution in [2.45, 2.75) is 6.92 Å². The fourth-order valence-electron chi connectivity index (χ4n) is 1.42. The van der Waals surface area contributed by atoms with Gasteiger partial charge < -0.3 is 5.11 Å². The Hall–Kier alpha value is -1.67. The Kier molecular flexibility index (Phi) is 4.56. The monoisotopic (exact) mass is 400 g/mol. The molecule has 1 amide bonds. The highest BCUT2D eigenvalue weighted by Gasteiger charge is 2.08. The highest BCUT2D eigenvalue weighted by molar-refractivity contribution is 9.11. The first-order chi connectivity index (χ1) is 9.47. The molecule has 0 saturated carbocycles. The van der Waals surface area contributed by atoms with Gasteiger partial charge in [0, 0.05) is 5.69 Å². The first kappa shape index (κ1) is 14.7. The van der Waals surface area contributed by atoms with Gasteiger partial charge >= 0.3 is 0 Å². The van der Waals surface area contributed by atoms with Crippen LogP contribution >= 0.6 is 31.9 Å². The molecule has 0 atom stereocenters. The molecule has 3 N–H and O–H groups in total. The Balaban J connectivity index is 2.05. The Morgan fingerprint density at radius 3 is 2.60 bits per heavy atom. The van der Waals surface area contributed by atoms with Gasteiger partial charge in [-0.2, -0.15) is 10.2 Å². The van der Waals surface area contributed by atoms with E-state index in [1.54, 1.807) is 25.1 Å². The molecule has 0 aliphatic rings.